The van der Waals surface area contributed by atoms with Crippen LogP contribution in [0.2, 0.25) is 0 Å². The smallest absolute Gasteiger partial charge is 0.277 e. The second-order valence-corrected chi connectivity index (χ2v) is 4.46. The van der Waals surface area contributed by atoms with Crippen molar-refractivity contribution >= 4 is 28.6 Å². The average Bonchev–Trinajstić information content (AvgIpc) is 2.66. The number of halogens is 1. The monoisotopic (exact) mass is 236 g/mol. The Labute approximate surface area is 99.6 Å². The van der Waals surface area contributed by atoms with Crippen LogP contribution in [-0.4, -0.2) is 17.0 Å². The lowest BCUT2D eigenvalue weighted by Crippen LogP contribution is -2.41. The van der Waals surface area contributed by atoms with E-state index in [-0.39, 0.29) is 0 Å². The molecule has 84 valence electrons. The van der Waals surface area contributed by atoms with Gasteiger partial charge in [-0.2, -0.15) is 0 Å². The van der Waals surface area contributed by atoms with E-state index in [4.69, 9.17) is 11.6 Å². The van der Waals surface area contributed by atoms with E-state index in [0.717, 1.165) is 19.6 Å². The molecule has 0 atom stereocenters. The molecule has 0 saturated heterocycles. The molecule has 0 aliphatic carbocycles. The minimum atomic E-state index is 0.646. The number of hydrogen-bond donors (Lipinski definition) is 1. The first-order valence-corrected chi connectivity index (χ1v) is 6.26. The van der Waals surface area contributed by atoms with E-state index >= 15 is 0 Å². The zero-order chi connectivity index (χ0) is 11.0. The van der Waals surface area contributed by atoms with Gasteiger partial charge in [0, 0.05) is 6.42 Å². The van der Waals surface area contributed by atoms with Gasteiger partial charge in [-0.3, -0.25) is 5.32 Å². The lowest BCUT2D eigenvalue weighted by molar-refractivity contribution is -0.661. The summed E-state index contributed by atoms with van der Waals surface area (Å²) in [6.45, 7) is 3.01. The van der Waals surface area contributed by atoms with Crippen molar-refractivity contribution in [1.82, 2.24) is 4.57 Å². The molecule has 1 aliphatic rings. The summed E-state index contributed by atoms with van der Waals surface area (Å²) in [5, 5.41) is 3.47. The highest BCUT2D eigenvalue weighted by atomic mass is 35.5. The predicted molar refractivity (Wildman–Crippen MR) is 66.0 cm³/mol. The molecule has 0 spiro atoms. The minimum Gasteiger partial charge on any atom is -0.277 e. The predicted octanol–water partition coefficient (Wildman–Crippen LogP) is 1.98. The van der Waals surface area contributed by atoms with Crippen molar-refractivity contribution in [1.29, 1.82) is 0 Å². The zero-order valence-electron chi connectivity index (χ0n) is 9.12. The number of aryl methyl sites for hydroxylation is 2. The van der Waals surface area contributed by atoms with Crippen LogP contribution in [0.1, 0.15) is 6.42 Å². The number of aromatic nitrogens is 2. The number of fused-ring (bicyclic) bond motifs is 3. The number of nitrogens with one attached hydrogen (secondary N) is 1. The fourth-order valence-electron chi connectivity index (χ4n) is 2.46. The Morgan fingerprint density at radius 1 is 1.38 bits per heavy atom. The van der Waals surface area contributed by atoms with Crippen molar-refractivity contribution in [2.24, 2.45) is 0 Å². The molecule has 2 aromatic rings. The van der Waals surface area contributed by atoms with Crippen LogP contribution in [0.5, 0.6) is 0 Å². The van der Waals surface area contributed by atoms with Gasteiger partial charge in [0.1, 0.15) is 11.0 Å². The van der Waals surface area contributed by atoms with Crippen LogP contribution >= 0.6 is 11.6 Å². The maximum absolute atomic E-state index is 5.88. The van der Waals surface area contributed by atoms with Crippen LogP contribution in [0.3, 0.4) is 0 Å². The number of anilines is 1. The Bertz CT molecular complexity index is 518. The van der Waals surface area contributed by atoms with Crippen LogP contribution in [0.25, 0.3) is 11.0 Å². The zero-order valence-corrected chi connectivity index (χ0v) is 9.87. The highest BCUT2D eigenvalue weighted by Crippen LogP contribution is 2.20. The molecule has 0 radical (unpaired) electrons. The molecule has 3 rings (SSSR count). The van der Waals surface area contributed by atoms with Crippen molar-refractivity contribution < 1.29 is 4.57 Å². The second-order valence-electron chi connectivity index (χ2n) is 4.08. The van der Waals surface area contributed by atoms with Crippen LogP contribution in [-0.2, 0) is 13.1 Å². The summed E-state index contributed by atoms with van der Waals surface area (Å²) >= 11 is 5.88. The molecular formula is C12H15ClN3+. The van der Waals surface area contributed by atoms with Crippen LogP contribution < -0.4 is 9.88 Å². The third kappa shape index (κ3) is 1.39. The standard InChI is InChI=1S/C12H14ClN3/c13-6-9-16-11-5-2-1-4-10(11)15-8-3-7-14-12(15)16/h1-2,4-5H,3,6-9H2/p+1. The summed E-state index contributed by atoms with van der Waals surface area (Å²) in [6.07, 6.45) is 1.19. The number of nitrogens with zero attached hydrogens (tertiary/aromatic N) is 2. The fourth-order valence-corrected chi connectivity index (χ4v) is 2.63. The summed E-state index contributed by atoms with van der Waals surface area (Å²) in [5.41, 5.74) is 2.57. The Morgan fingerprint density at radius 3 is 3.12 bits per heavy atom. The molecule has 0 fully saturated rings. The van der Waals surface area contributed by atoms with Crippen molar-refractivity contribution in [3.8, 4) is 0 Å². The first kappa shape index (κ1) is 9.97. The van der Waals surface area contributed by atoms with E-state index in [0.29, 0.717) is 5.88 Å². The van der Waals surface area contributed by atoms with E-state index < -0.39 is 0 Å². The number of benzene rings is 1. The first-order valence-electron chi connectivity index (χ1n) is 5.73. The number of imidazole rings is 1. The minimum absolute atomic E-state index is 0.646. The Kier molecular flexibility index (Phi) is 2.48. The summed E-state index contributed by atoms with van der Waals surface area (Å²) < 4.78 is 4.63. The molecule has 0 amide bonds. The van der Waals surface area contributed by atoms with Crippen molar-refractivity contribution in [2.45, 2.75) is 19.5 Å². The lowest BCUT2D eigenvalue weighted by atomic mass is 10.3. The maximum Gasteiger partial charge on any atom is 0.358 e. The maximum atomic E-state index is 5.88. The van der Waals surface area contributed by atoms with Gasteiger partial charge in [-0.15, -0.1) is 11.6 Å². The topological polar surface area (TPSA) is 20.8 Å². The summed E-state index contributed by atoms with van der Waals surface area (Å²) in [4.78, 5) is 0. The van der Waals surface area contributed by atoms with E-state index in [1.165, 1.54) is 23.4 Å². The quantitative estimate of drug-likeness (QED) is 0.625. The first-order chi connectivity index (χ1) is 7.92. The summed E-state index contributed by atoms with van der Waals surface area (Å²) in [5.74, 6) is 1.85. The summed E-state index contributed by atoms with van der Waals surface area (Å²) in [7, 11) is 0. The number of para-hydroxylation sites is 2. The fraction of sp³-hybridized carbons (Fsp3) is 0.417. The van der Waals surface area contributed by atoms with Crippen LogP contribution in [0.4, 0.5) is 5.95 Å². The summed E-state index contributed by atoms with van der Waals surface area (Å²) in [6, 6.07) is 8.51. The Hall–Kier alpha value is -1.22. The van der Waals surface area contributed by atoms with Gasteiger partial charge in [-0.05, 0) is 12.1 Å². The average molecular weight is 237 g/mol. The van der Waals surface area contributed by atoms with Crippen molar-refractivity contribution in [3.05, 3.63) is 24.3 Å². The van der Waals surface area contributed by atoms with Gasteiger partial charge in [0.25, 0.3) is 0 Å². The van der Waals surface area contributed by atoms with Gasteiger partial charge in [0.2, 0.25) is 0 Å². The van der Waals surface area contributed by atoms with E-state index in [2.05, 4.69) is 38.7 Å². The highest BCUT2D eigenvalue weighted by molar-refractivity contribution is 6.17. The largest absolute Gasteiger partial charge is 0.358 e. The van der Waals surface area contributed by atoms with Crippen LogP contribution in [0, 0.1) is 0 Å². The molecule has 4 heteroatoms. The number of alkyl halides is 1. The molecule has 1 aliphatic heterocycles. The van der Waals surface area contributed by atoms with E-state index in [1.54, 1.807) is 0 Å². The lowest BCUT2D eigenvalue weighted by Gasteiger charge is -2.11. The molecule has 0 saturated carbocycles. The molecule has 0 bridgehead atoms. The van der Waals surface area contributed by atoms with E-state index in [9.17, 15) is 0 Å². The molecule has 3 nitrogen and oxygen atoms in total. The van der Waals surface area contributed by atoms with Gasteiger partial charge < -0.3 is 0 Å². The third-order valence-corrected chi connectivity index (χ3v) is 3.29. The molecule has 2 heterocycles. The second kappa shape index (κ2) is 3.98. The van der Waals surface area contributed by atoms with E-state index in [1.807, 2.05) is 0 Å². The van der Waals surface area contributed by atoms with Crippen molar-refractivity contribution in [2.75, 3.05) is 17.7 Å². The molecule has 1 aromatic carbocycles. The Morgan fingerprint density at radius 2 is 2.25 bits per heavy atom. The van der Waals surface area contributed by atoms with Gasteiger partial charge in [0.05, 0.1) is 25.5 Å². The van der Waals surface area contributed by atoms with Gasteiger partial charge in [0.15, 0.2) is 0 Å². The molecule has 1 N–H and O–H groups in total. The number of hydrogen-bond acceptors (Lipinski definition) is 1. The van der Waals surface area contributed by atoms with Gasteiger partial charge in [-0.25, -0.2) is 9.13 Å². The van der Waals surface area contributed by atoms with Gasteiger partial charge in [-0.1, -0.05) is 12.1 Å². The third-order valence-electron chi connectivity index (χ3n) is 3.12. The molecule has 1 aromatic heterocycles. The normalized spacial score (nSPS) is 14.8. The Balaban J connectivity index is 2.28. The SMILES string of the molecule is ClCCn1c2[n+](c3ccccc31)CCCN2. The highest BCUT2D eigenvalue weighted by Gasteiger charge is 2.25. The molecule has 16 heavy (non-hydrogen) atoms. The number of rotatable bonds is 2. The molecular weight excluding hydrogens is 222 g/mol. The van der Waals surface area contributed by atoms with Crippen LogP contribution in [0.15, 0.2) is 24.3 Å². The molecule has 0 unspecified atom stereocenters. The van der Waals surface area contributed by atoms with Crippen molar-refractivity contribution in [3.63, 3.8) is 0 Å². The van der Waals surface area contributed by atoms with Gasteiger partial charge >= 0.3 is 5.95 Å².